The normalized spacial score (nSPS) is 17.9. The van der Waals surface area contributed by atoms with Gasteiger partial charge in [0.25, 0.3) is 0 Å². The second-order valence-corrected chi connectivity index (χ2v) is 5.95. The first kappa shape index (κ1) is 17.1. The van der Waals surface area contributed by atoms with Gasteiger partial charge in [-0.05, 0) is 32.3 Å². The maximum atomic E-state index is 12.1. The number of nitrogens with one attached hydrogen (secondary N) is 1. The number of hydrogen-bond acceptors (Lipinski definition) is 4. The number of ether oxygens (including phenoxy) is 1. The lowest BCUT2D eigenvalue weighted by Crippen LogP contribution is -2.46. The molecular formula is C16H23N3O4. The molecule has 7 nitrogen and oxygen atoms in total. The molecule has 126 valence electrons. The van der Waals surface area contributed by atoms with Crippen molar-refractivity contribution in [3.8, 4) is 5.88 Å². The monoisotopic (exact) mass is 321 g/mol. The maximum absolute atomic E-state index is 12.1. The number of hydrogen-bond donors (Lipinski definition) is 2. The van der Waals surface area contributed by atoms with E-state index in [0.29, 0.717) is 31.8 Å². The van der Waals surface area contributed by atoms with Crippen LogP contribution >= 0.6 is 0 Å². The topological polar surface area (TPSA) is 91.8 Å². The number of nitrogens with zero attached hydrogens (tertiary/aromatic N) is 2. The lowest BCUT2D eigenvalue weighted by Gasteiger charge is -2.30. The van der Waals surface area contributed by atoms with Gasteiger partial charge in [0.2, 0.25) is 5.88 Å². The molecular weight excluding hydrogens is 298 g/mol. The fraction of sp³-hybridized carbons (Fsp3) is 0.562. The van der Waals surface area contributed by atoms with E-state index >= 15 is 0 Å². The molecule has 1 saturated heterocycles. The summed E-state index contributed by atoms with van der Waals surface area (Å²) in [6, 6.07) is 3.38. The number of likely N-dealkylation sites (tertiary alicyclic amines) is 1. The number of rotatable bonds is 5. The molecule has 0 bridgehead atoms. The van der Waals surface area contributed by atoms with Crippen LogP contribution in [-0.2, 0) is 11.3 Å². The first-order chi connectivity index (χ1) is 11.0. The molecule has 1 fully saturated rings. The van der Waals surface area contributed by atoms with E-state index in [1.165, 1.54) is 0 Å². The van der Waals surface area contributed by atoms with Crippen LogP contribution in [0.5, 0.6) is 5.88 Å². The Balaban J connectivity index is 1.83. The molecule has 0 spiro atoms. The number of amides is 2. The third kappa shape index (κ3) is 5.12. The van der Waals surface area contributed by atoms with Crippen LogP contribution in [0.3, 0.4) is 0 Å². The molecule has 1 aliphatic heterocycles. The highest BCUT2D eigenvalue weighted by Crippen LogP contribution is 2.16. The fourth-order valence-corrected chi connectivity index (χ4v) is 2.48. The lowest BCUT2D eigenvalue weighted by atomic mass is 9.99. The minimum atomic E-state index is -0.840. The van der Waals surface area contributed by atoms with Crippen LogP contribution in [0.4, 0.5) is 4.79 Å². The van der Waals surface area contributed by atoms with E-state index in [-0.39, 0.29) is 18.7 Å². The number of carbonyl (C=O) groups is 2. The summed E-state index contributed by atoms with van der Waals surface area (Å²) in [6.07, 6.45) is 3.07. The highest BCUT2D eigenvalue weighted by molar-refractivity contribution is 5.76. The van der Waals surface area contributed by atoms with Crippen LogP contribution in [0.25, 0.3) is 0 Å². The quantitative estimate of drug-likeness (QED) is 0.864. The Morgan fingerprint density at radius 3 is 2.87 bits per heavy atom. The Bertz CT molecular complexity index is 545. The zero-order valence-corrected chi connectivity index (χ0v) is 13.5. The van der Waals surface area contributed by atoms with Crippen molar-refractivity contribution in [1.82, 2.24) is 15.2 Å². The molecule has 0 aliphatic carbocycles. The Hall–Kier alpha value is -2.31. The molecule has 2 amide bonds. The van der Waals surface area contributed by atoms with Gasteiger partial charge in [-0.15, -0.1) is 0 Å². The van der Waals surface area contributed by atoms with Crippen molar-refractivity contribution in [3.05, 3.63) is 23.9 Å². The van der Waals surface area contributed by atoms with Crippen molar-refractivity contribution in [2.75, 3.05) is 13.1 Å². The predicted molar refractivity (Wildman–Crippen MR) is 84.2 cm³/mol. The summed E-state index contributed by atoms with van der Waals surface area (Å²) in [5.41, 5.74) is 0.862. The van der Waals surface area contributed by atoms with Crippen LogP contribution in [0.1, 0.15) is 32.3 Å². The molecule has 2 rings (SSSR count). The Morgan fingerprint density at radius 2 is 2.26 bits per heavy atom. The maximum Gasteiger partial charge on any atom is 0.317 e. The highest BCUT2D eigenvalue weighted by atomic mass is 16.5. The summed E-state index contributed by atoms with van der Waals surface area (Å²) in [7, 11) is 0. The van der Waals surface area contributed by atoms with Crippen molar-refractivity contribution < 1.29 is 19.4 Å². The van der Waals surface area contributed by atoms with Crippen molar-refractivity contribution >= 4 is 12.0 Å². The Morgan fingerprint density at radius 1 is 1.48 bits per heavy atom. The Kier molecular flexibility index (Phi) is 5.78. The van der Waals surface area contributed by atoms with Gasteiger partial charge in [-0.3, -0.25) is 4.79 Å². The third-order valence-electron chi connectivity index (χ3n) is 3.66. The van der Waals surface area contributed by atoms with Gasteiger partial charge in [0.1, 0.15) is 0 Å². The first-order valence-electron chi connectivity index (χ1n) is 7.83. The van der Waals surface area contributed by atoms with Crippen LogP contribution in [-0.4, -0.2) is 46.2 Å². The van der Waals surface area contributed by atoms with Gasteiger partial charge in [-0.2, -0.15) is 0 Å². The van der Waals surface area contributed by atoms with Crippen LogP contribution < -0.4 is 10.1 Å². The second-order valence-electron chi connectivity index (χ2n) is 5.95. The minimum absolute atomic E-state index is 0.0642. The van der Waals surface area contributed by atoms with E-state index < -0.39 is 11.9 Å². The average molecular weight is 321 g/mol. The zero-order valence-electron chi connectivity index (χ0n) is 13.5. The smallest absolute Gasteiger partial charge is 0.317 e. The zero-order chi connectivity index (χ0) is 16.8. The van der Waals surface area contributed by atoms with Gasteiger partial charge < -0.3 is 20.1 Å². The molecule has 2 N–H and O–H groups in total. The van der Waals surface area contributed by atoms with Gasteiger partial charge in [-0.25, -0.2) is 9.78 Å². The summed E-state index contributed by atoms with van der Waals surface area (Å²) in [5, 5.41) is 11.9. The van der Waals surface area contributed by atoms with Crippen molar-refractivity contribution in [2.45, 2.75) is 39.3 Å². The summed E-state index contributed by atoms with van der Waals surface area (Å²) in [5.74, 6) is -0.758. The number of pyridine rings is 1. The molecule has 0 saturated carbocycles. The van der Waals surface area contributed by atoms with E-state index in [1.807, 2.05) is 19.9 Å². The SMILES string of the molecule is CC(C)Oc1ccc(CNC(=O)N2CCCC(C(=O)O)C2)cn1. The van der Waals surface area contributed by atoms with E-state index in [1.54, 1.807) is 17.2 Å². The molecule has 1 unspecified atom stereocenters. The van der Waals surface area contributed by atoms with Crippen LogP contribution in [0.15, 0.2) is 18.3 Å². The molecule has 1 aromatic rings. The minimum Gasteiger partial charge on any atom is -0.481 e. The molecule has 0 aromatic carbocycles. The second kappa shape index (κ2) is 7.80. The van der Waals surface area contributed by atoms with Gasteiger partial charge in [0, 0.05) is 31.9 Å². The molecule has 2 heterocycles. The number of carboxylic acids is 1. The first-order valence-corrected chi connectivity index (χ1v) is 7.83. The molecule has 1 aromatic heterocycles. The number of aromatic nitrogens is 1. The highest BCUT2D eigenvalue weighted by Gasteiger charge is 2.27. The molecule has 1 aliphatic rings. The lowest BCUT2D eigenvalue weighted by molar-refractivity contribution is -0.143. The van der Waals surface area contributed by atoms with Gasteiger partial charge in [0.15, 0.2) is 0 Å². The number of aliphatic carboxylic acids is 1. The van der Waals surface area contributed by atoms with Crippen LogP contribution in [0, 0.1) is 5.92 Å². The molecule has 23 heavy (non-hydrogen) atoms. The standard InChI is InChI=1S/C16H23N3O4/c1-11(2)23-14-6-5-12(8-17-14)9-18-16(22)19-7-3-4-13(10-19)15(20)21/h5-6,8,11,13H,3-4,7,9-10H2,1-2H3,(H,18,22)(H,20,21). The average Bonchev–Trinajstić information content (AvgIpc) is 2.53. The largest absolute Gasteiger partial charge is 0.481 e. The number of carboxylic acid groups (broad SMARTS) is 1. The van der Waals surface area contributed by atoms with E-state index in [2.05, 4.69) is 10.3 Å². The van der Waals surface area contributed by atoms with Crippen molar-refractivity contribution in [1.29, 1.82) is 0 Å². The number of carbonyl (C=O) groups excluding carboxylic acids is 1. The number of piperidine rings is 1. The van der Waals surface area contributed by atoms with Gasteiger partial charge in [0.05, 0.1) is 12.0 Å². The molecule has 1 atom stereocenters. The van der Waals surface area contributed by atoms with Crippen LogP contribution in [0.2, 0.25) is 0 Å². The Labute approximate surface area is 135 Å². The summed E-state index contributed by atoms with van der Waals surface area (Å²) >= 11 is 0. The summed E-state index contributed by atoms with van der Waals surface area (Å²) < 4.78 is 5.46. The van der Waals surface area contributed by atoms with Gasteiger partial charge >= 0.3 is 12.0 Å². The number of urea groups is 1. The van der Waals surface area contributed by atoms with Gasteiger partial charge in [-0.1, -0.05) is 6.07 Å². The summed E-state index contributed by atoms with van der Waals surface area (Å²) in [4.78, 5) is 28.9. The fourth-order valence-electron chi connectivity index (χ4n) is 2.48. The van der Waals surface area contributed by atoms with Crippen molar-refractivity contribution in [3.63, 3.8) is 0 Å². The summed E-state index contributed by atoms with van der Waals surface area (Å²) in [6.45, 7) is 5.06. The van der Waals surface area contributed by atoms with E-state index in [9.17, 15) is 9.59 Å². The predicted octanol–water partition coefficient (Wildman–Crippen LogP) is 1.88. The van der Waals surface area contributed by atoms with Crippen molar-refractivity contribution in [2.24, 2.45) is 5.92 Å². The third-order valence-corrected chi connectivity index (χ3v) is 3.66. The van der Waals surface area contributed by atoms with E-state index in [0.717, 1.165) is 5.56 Å². The van der Waals surface area contributed by atoms with E-state index in [4.69, 9.17) is 9.84 Å². The molecule has 7 heteroatoms. The molecule has 0 radical (unpaired) electrons.